The zero-order valence-corrected chi connectivity index (χ0v) is 14.1. The van der Waals surface area contributed by atoms with E-state index in [-0.39, 0.29) is 22.9 Å². The summed E-state index contributed by atoms with van der Waals surface area (Å²) in [5.74, 6) is -0.627. The fourth-order valence-corrected chi connectivity index (χ4v) is 3.25. The van der Waals surface area contributed by atoms with E-state index in [4.69, 9.17) is 9.88 Å². The van der Waals surface area contributed by atoms with Gasteiger partial charge in [0.2, 0.25) is 10.0 Å². The van der Waals surface area contributed by atoms with E-state index in [0.29, 0.717) is 6.61 Å². The van der Waals surface area contributed by atoms with Gasteiger partial charge in [-0.3, -0.25) is 4.79 Å². The third kappa shape index (κ3) is 3.97. The summed E-state index contributed by atoms with van der Waals surface area (Å²) < 4.78 is 42.2. The molecule has 0 bridgehead atoms. The smallest absolute Gasteiger partial charge is 0.254 e. The maximum absolute atomic E-state index is 13.8. The van der Waals surface area contributed by atoms with Crippen molar-refractivity contribution in [3.05, 3.63) is 59.4 Å². The van der Waals surface area contributed by atoms with Crippen LogP contribution in [0.4, 0.5) is 4.39 Å². The van der Waals surface area contributed by atoms with E-state index in [9.17, 15) is 17.6 Å². The van der Waals surface area contributed by atoms with E-state index >= 15 is 0 Å². The molecule has 0 spiro atoms. The number of amides is 1. The van der Waals surface area contributed by atoms with Gasteiger partial charge >= 0.3 is 0 Å². The molecule has 0 fully saturated rings. The molecule has 2 aromatic rings. The van der Waals surface area contributed by atoms with Crippen molar-refractivity contribution in [1.29, 1.82) is 0 Å². The highest BCUT2D eigenvalue weighted by molar-refractivity contribution is 7.89. The number of primary sulfonamides is 1. The van der Waals surface area contributed by atoms with Gasteiger partial charge in [-0.15, -0.1) is 0 Å². The first-order valence-electron chi connectivity index (χ1n) is 7.66. The van der Waals surface area contributed by atoms with Gasteiger partial charge in [-0.1, -0.05) is 18.2 Å². The Balaban J connectivity index is 1.68. The van der Waals surface area contributed by atoms with Crippen LogP contribution < -0.4 is 15.2 Å². The Hall–Kier alpha value is -2.45. The Kier molecular flexibility index (Phi) is 4.73. The molecule has 8 heteroatoms. The number of ether oxygens (including phenoxy) is 1. The quantitative estimate of drug-likeness (QED) is 0.858. The number of halogens is 1. The first kappa shape index (κ1) is 17.4. The standard InChI is InChI=1S/C17H17FN2O4S/c18-15-6-5-13(25(19,22)23)8-14(15)17(21)20-9-11-7-12-3-1-2-4-16(12)24-10-11/h1-6,8,11H,7,9-10H2,(H,20,21)(H2,19,22,23)/t11-/m1/s1. The highest BCUT2D eigenvalue weighted by Crippen LogP contribution is 2.26. The van der Waals surface area contributed by atoms with Crippen LogP contribution in [-0.4, -0.2) is 27.5 Å². The van der Waals surface area contributed by atoms with Gasteiger partial charge in [0.05, 0.1) is 17.1 Å². The van der Waals surface area contributed by atoms with Crippen molar-refractivity contribution in [1.82, 2.24) is 5.32 Å². The van der Waals surface area contributed by atoms with E-state index in [1.807, 2.05) is 24.3 Å². The molecule has 1 amide bonds. The lowest BCUT2D eigenvalue weighted by atomic mass is 9.96. The number of benzene rings is 2. The molecular weight excluding hydrogens is 347 g/mol. The highest BCUT2D eigenvalue weighted by atomic mass is 32.2. The molecule has 2 aromatic carbocycles. The van der Waals surface area contributed by atoms with Crippen LogP contribution in [0.2, 0.25) is 0 Å². The molecule has 6 nitrogen and oxygen atoms in total. The molecule has 0 aliphatic carbocycles. The summed E-state index contributed by atoms with van der Waals surface area (Å²) >= 11 is 0. The van der Waals surface area contributed by atoms with Gasteiger partial charge in [0.1, 0.15) is 11.6 Å². The fourth-order valence-electron chi connectivity index (χ4n) is 2.71. The number of carbonyl (C=O) groups excluding carboxylic acids is 1. The average molecular weight is 364 g/mol. The lowest BCUT2D eigenvalue weighted by molar-refractivity contribution is 0.0934. The number of nitrogens with one attached hydrogen (secondary N) is 1. The number of nitrogens with two attached hydrogens (primary N) is 1. The van der Waals surface area contributed by atoms with Crippen LogP contribution in [0.25, 0.3) is 0 Å². The predicted molar refractivity (Wildman–Crippen MR) is 89.2 cm³/mol. The zero-order chi connectivity index (χ0) is 18.0. The number of sulfonamides is 1. The van der Waals surface area contributed by atoms with Crippen LogP contribution in [0.5, 0.6) is 5.75 Å². The van der Waals surface area contributed by atoms with Crippen LogP contribution in [-0.2, 0) is 16.4 Å². The molecular formula is C17H17FN2O4S. The summed E-state index contributed by atoms with van der Waals surface area (Å²) in [5, 5.41) is 7.64. The van der Waals surface area contributed by atoms with Gasteiger partial charge in [-0.05, 0) is 36.2 Å². The maximum atomic E-state index is 13.8. The molecule has 132 valence electrons. The largest absolute Gasteiger partial charge is 0.493 e. The van der Waals surface area contributed by atoms with Gasteiger partial charge in [0.15, 0.2) is 0 Å². The summed E-state index contributed by atoms with van der Waals surface area (Å²) in [7, 11) is -4.01. The van der Waals surface area contributed by atoms with Crippen LogP contribution >= 0.6 is 0 Å². The first-order chi connectivity index (χ1) is 11.8. The van der Waals surface area contributed by atoms with E-state index in [2.05, 4.69) is 5.32 Å². The first-order valence-corrected chi connectivity index (χ1v) is 9.20. The summed E-state index contributed by atoms with van der Waals surface area (Å²) in [6, 6.07) is 10.5. The third-order valence-electron chi connectivity index (χ3n) is 4.02. The van der Waals surface area contributed by atoms with Crippen LogP contribution in [0.15, 0.2) is 47.4 Å². The maximum Gasteiger partial charge on any atom is 0.254 e. The van der Waals surface area contributed by atoms with Crippen molar-refractivity contribution in [2.75, 3.05) is 13.2 Å². The van der Waals surface area contributed by atoms with Crippen molar-refractivity contribution in [3.8, 4) is 5.75 Å². The Labute approximate surface area is 144 Å². The molecule has 3 rings (SSSR count). The van der Waals surface area contributed by atoms with Crippen LogP contribution in [0.3, 0.4) is 0 Å². The van der Waals surface area contributed by atoms with Crippen molar-refractivity contribution in [3.63, 3.8) is 0 Å². The zero-order valence-electron chi connectivity index (χ0n) is 13.2. The summed E-state index contributed by atoms with van der Waals surface area (Å²) in [6.45, 7) is 0.725. The Morgan fingerprint density at radius 3 is 2.80 bits per heavy atom. The number of carbonyl (C=O) groups is 1. The van der Waals surface area contributed by atoms with E-state index in [1.54, 1.807) is 0 Å². The fraction of sp³-hybridized carbons (Fsp3) is 0.235. The molecule has 0 saturated heterocycles. The monoisotopic (exact) mass is 364 g/mol. The number of fused-ring (bicyclic) bond motifs is 1. The SMILES string of the molecule is NS(=O)(=O)c1ccc(F)c(C(=O)NC[C@@H]2COc3ccccc3C2)c1. The summed E-state index contributed by atoms with van der Waals surface area (Å²) in [6.07, 6.45) is 0.732. The molecule has 0 aromatic heterocycles. The normalized spacial score (nSPS) is 16.6. The second-order valence-electron chi connectivity index (χ2n) is 5.89. The van der Waals surface area contributed by atoms with Crippen molar-refractivity contribution in [2.45, 2.75) is 11.3 Å². The van der Waals surface area contributed by atoms with Gasteiger partial charge in [0.25, 0.3) is 5.91 Å². The lowest BCUT2D eigenvalue weighted by Gasteiger charge is -2.25. The number of hydrogen-bond acceptors (Lipinski definition) is 4. The summed E-state index contributed by atoms with van der Waals surface area (Å²) in [4.78, 5) is 11.9. The van der Waals surface area contributed by atoms with Gasteiger partial charge in [-0.25, -0.2) is 17.9 Å². The molecule has 1 aliphatic heterocycles. The van der Waals surface area contributed by atoms with Crippen LogP contribution in [0.1, 0.15) is 15.9 Å². The van der Waals surface area contributed by atoms with Gasteiger partial charge < -0.3 is 10.1 Å². The predicted octanol–water partition coefficient (Wildman–Crippen LogP) is 1.45. The molecule has 1 aliphatic rings. The number of hydrogen-bond donors (Lipinski definition) is 2. The Morgan fingerprint density at radius 1 is 1.28 bits per heavy atom. The molecule has 1 heterocycles. The minimum atomic E-state index is -4.01. The van der Waals surface area contributed by atoms with Crippen LogP contribution in [0, 0.1) is 11.7 Å². The van der Waals surface area contributed by atoms with E-state index in [0.717, 1.165) is 35.9 Å². The molecule has 25 heavy (non-hydrogen) atoms. The third-order valence-corrected chi connectivity index (χ3v) is 4.93. The number of rotatable bonds is 4. The Morgan fingerprint density at radius 2 is 2.04 bits per heavy atom. The second kappa shape index (κ2) is 6.81. The molecule has 3 N–H and O–H groups in total. The average Bonchev–Trinajstić information content (AvgIpc) is 2.59. The molecule has 0 radical (unpaired) electrons. The van der Waals surface area contributed by atoms with Gasteiger partial charge in [-0.2, -0.15) is 0 Å². The minimum absolute atomic E-state index is 0.0448. The van der Waals surface area contributed by atoms with Crippen molar-refractivity contribution in [2.24, 2.45) is 11.1 Å². The topological polar surface area (TPSA) is 98.5 Å². The molecule has 0 unspecified atom stereocenters. The second-order valence-corrected chi connectivity index (χ2v) is 7.45. The van der Waals surface area contributed by atoms with E-state index in [1.165, 1.54) is 0 Å². The Bertz CT molecular complexity index is 915. The molecule has 1 atom stereocenters. The number of para-hydroxylation sites is 1. The van der Waals surface area contributed by atoms with Crippen molar-refractivity contribution >= 4 is 15.9 Å². The van der Waals surface area contributed by atoms with Gasteiger partial charge in [0, 0.05) is 12.5 Å². The highest BCUT2D eigenvalue weighted by Gasteiger charge is 2.22. The molecule has 0 saturated carbocycles. The minimum Gasteiger partial charge on any atom is -0.493 e. The van der Waals surface area contributed by atoms with Crippen molar-refractivity contribution < 1.29 is 22.3 Å². The van der Waals surface area contributed by atoms with E-state index < -0.39 is 21.7 Å². The summed E-state index contributed by atoms with van der Waals surface area (Å²) in [5.41, 5.74) is 0.694. The lowest BCUT2D eigenvalue weighted by Crippen LogP contribution is -2.35.